The van der Waals surface area contributed by atoms with Crippen molar-refractivity contribution in [1.82, 2.24) is 0 Å². The average molecular weight is 1130 g/mol. The van der Waals surface area contributed by atoms with Gasteiger partial charge in [0.05, 0.1) is 22.7 Å². The van der Waals surface area contributed by atoms with Gasteiger partial charge in [0.1, 0.15) is 23.0 Å². The molecule has 0 saturated heterocycles. The second kappa shape index (κ2) is 20.0. The van der Waals surface area contributed by atoms with Crippen molar-refractivity contribution in [3.8, 4) is 34.5 Å². The minimum Gasteiger partial charge on any atom is -0.458 e. The highest BCUT2D eigenvalue weighted by Gasteiger charge is 2.48. The van der Waals surface area contributed by atoms with Crippen LogP contribution in [0, 0.1) is 0 Å². The van der Waals surface area contributed by atoms with Crippen molar-refractivity contribution in [3.05, 3.63) is 309 Å². The zero-order valence-electron chi connectivity index (χ0n) is 47.6. The lowest BCUT2D eigenvalue weighted by Crippen LogP contribution is -2.63. The molecular weight excluding hydrogens is 1080 g/mol. The van der Waals surface area contributed by atoms with E-state index in [1.807, 2.05) is 6.07 Å². The molecule has 88 heavy (non-hydrogen) atoms. The Kier molecular flexibility index (Phi) is 11.3. The van der Waals surface area contributed by atoms with E-state index in [0.717, 1.165) is 147 Å². The van der Waals surface area contributed by atoms with Crippen molar-refractivity contribution in [2.75, 3.05) is 24.5 Å². The van der Waals surface area contributed by atoms with E-state index in [1.54, 1.807) is 0 Å². The Morgan fingerprint density at radius 3 is 1.07 bits per heavy atom. The highest BCUT2D eigenvalue weighted by Crippen LogP contribution is 2.54. The highest BCUT2D eigenvalue weighted by molar-refractivity contribution is 7.02. The van der Waals surface area contributed by atoms with Crippen LogP contribution in [-0.4, -0.2) is 13.4 Å². The Morgan fingerprint density at radius 2 is 0.591 bits per heavy atom. The number of rotatable bonds is 9. The number of anilines is 15. The number of benzene rings is 13. The first-order valence-corrected chi connectivity index (χ1v) is 30.0. The third kappa shape index (κ3) is 7.82. The van der Waals surface area contributed by atoms with Gasteiger partial charge in [-0.1, -0.05) is 164 Å². The summed E-state index contributed by atoms with van der Waals surface area (Å²) in [6, 6.07) is 110. The predicted molar refractivity (Wildman–Crippen MR) is 362 cm³/mol. The fourth-order valence-corrected chi connectivity index (χ4v) is 14.2. The van der Waals surface area contributed by atoms with E-state index < -0.39 is 0 Å². The Labute approximate surface area is 511 Å². The predicted octanol–water partition coefficient (Wildman–Crippen LogP) is 17.0. The fraction of sp³-hybridized carbons (Fsp3) is 0. The van der Waals surface area contributed by atoms with Crippen LogP contribution in [0.2, 0.25) is 0 Å². The van der Waals surface area contributed by atoms with Crippen molar-refractivity contribution in [1.29, 1.82) is 0 Å². The quantitative estimate of drug-likeness (QED) is 0.133. The lowest BCUT2D eigenvalue weighted by Gasteiger charge is -2.45. The number of fused-ring (bicyclic) bond motifs is 10. The summed E-state index contributed by atoms with van der Waals surface area (Å²) in [7, 11) is 0. The van der Waals surface area contributed by atoms with Crippen molar-refractivity contribution in [2.45, 2.75) is 0 Å². The third-order valence-corrected chi connectivity index (χ3v) is 17.8. The second-order valence-electron chi connectivity index (χ2n) is 22.8. The van der Waals surface area contributed by atoms with Crippen LogP contribution < -0.4 is 71.5 Å². The number of ether oxygens (including phenoxy) is 3. The molecule has 13 aromatic carbocycles. The largest absolute Gasteiger partial charge is 0.458 e. The van der Waals surface area contributed by atoms with Crippen LogP contribution in [0.5, 0.6) is 34.5 Å². The van der Waals surface area contributed by atoms with Crippen LogP contribution in [0.25, 0.3) is 0 Å². The van der Waals surface area contributed by atoms with Crippen LogP contribution in [0.4, 0.5) is 85.3 Å². The normalized spacial score (nSPS) is 13.2. The number of para-hydroxylation sites is 10. The van der Waals surface area contributed by atoms with Crippen LogP contribution in [0.1, 0.15) is 0 Å². The van der Waals surface area contributed by atoms with Gasteiger partial charge >= 0.3 is 0 Å². The van der Waals surface area contributed by atoms with Crippen molar-refractivity contribution in [3.63, 3.8) is 0 Å². The summed E-state index contributed by atoms with van der Waals surface area (Å²) in [6.45, 7) is -0.540. The van der Waals surface area contributed by atoms with Gasteiger partial charge in [-0.3, -0.25) is 0 Å². The molecule has 10 heteroatoms. The third-order valence-electron chi connectivity index (χ3n) is 17.8. The van der Waals surface area contributed by atoms with Crippen LogP contribution in [-0.2, 0) is 0 Å². The number of nitrogens with zero attached hydrogens (tertiary/aromatic N) is 5. The lowest BCUT2D eigenvalue weighted by atomic mass is 9.31. The van der Waals surface area contributed by atoms with Gasteiger partial charge in [-0.15, -0.1) is 0 Å². The molecule has 0 amide bonds. The summed E-state index contributed by atoms with van der Waals surface area (Å²) in [6.07, 6.45) is 0. The maximum absolute atomic E-state index is 7.60. The van der Waals surface area contributed by atoms with Gasteiger partial charge in [0.25, 0.3) is 13.4 Å². The van der Waals surface area contributed by atoms with Crippen LogP contribution >= 0.6 is 0 Å². The Hall–Kier alpha value is -11.6. The molecule has 412 valence electrons. The van der Waals surface area contributed by atoms with E-state index in [1.165, 1.54) is 5.46 Å². The smallest absolute Gasteiger partial charge is 0.256 e. The van der Waals surface area contributed by atoms with Crippen molar-refractivity contribution >= 4 is 132 Å². The van der Waals surface area contributed by atoms with E-state index >= 15 is 0 Å². The SMILES string of the molecule is c1ccc(N(c2ccccc2)c2cc3c4c(c2)N(c2ccccc2)c2cc5c(cc2B4c2ccccc2O3)B2c3cc4c(cc3Oc3cc(N(c6ccccc6)c6ccccc6)cc(c32)N5c2ccccc2)N(c2ccccc2)c2ccccc2O4)cc1. The molecule has 13 aromatic rings. The minimum absolute atomic E-state index is 0.216. The topological polar surface area (TPSA) is 43.9 Å². The molecular formula is C78H51B2N5O3. The van der Waals surface area contributed by atoms with Crippen LogP contribution in [0.3, 0.4) is 0 Å². The molecule has 0 radical (unpaired) electrons. The molecule has 5 aliphatic heterocycles. The van der Waals surface area contributed by atoms with Gasteiger partial charge in [-0.05, 0) is 160 Å². The van der Waals surface area contributed by atoms with E-state index in [-0.39, 0.29) is 13.4 Å². The summed E-state index contributed by atoms with van der Waals surface area (Å²) < 4.78 is 21.9. The molecule has 0 aromatic heterocycles. The van der Waals surface area contributed by atoms with E-state index in [4.69, 9.17) is 14.2 Å². The highest BCUT2D eigenvalue weighted by atomic mass is 16.5. The van der Waals surface area contributed by atoms with Gasteiger partial charge in [0, 0.05) is 80.8 Å². The first-order chi connectivity index (χ1) is 43.7. The molecule has 5 aliphatic rings. The lowest BCUT2D eigenvalue weighted by molar-refractivity contribution is 0.468. The van der Waals surface area contributed by atoms with Gasteiger partial charge in [-0.2, -0.15) is 0 Å². The molecule has 0 bridgehead atoms. The molecule has 0 spiro atoms. The standard InChI is InChI=1S/C78H51B2N5O3/c1-8-26-52(27-9-1)81(53-28-10-2-11-29-53)59-44-69-77-75(46-59)86-71-42-24-22-40-61(71)79(77)62-48-63-67(50-66(62)84(69)57-36-18-6-19-37-57)85(58-38-20-7-21-39-58)70-45-60(82(54-30-12-3-13-31-54)55-32-14-4-15-33-55)47-76-78(70)80(63)64-49-74-68(51-73(64)88-76)83(56-34-16-5-17-35-56)65-41-23-25-43-72(65)87-74/h1-51H. The molecule has 0 unspecified atom stereocenters. The molecule has 0 saturated carbocycles. The second-order valence-corrected chi connectivity index (χ2v) is 22.8. The van der Waals surface area contributed by atoms with Gasteiger partial charge in [0.15, 0.2) is 11.5 Å². The van der Waals surface area contributed by atoms with Gasteiger partial charge in [-0.25, -0.2) is 0 Å². The summed E-state index contributed by atoms with van der Waals surface area (Å²) in [5.41, 5.74) is 21.8. The summed E-state index contributed by atoms with van der Waals surface area (Å²) in [5.74, 6) is 4.71. The van der Waals surface area contributed by atoms with Crippen molar-refractivity contribution in [2.24, 2.45) is 0 Å². The van der Waals surface area contributed by atoms with Gasteiger partial charge in [0.2, 0.25) is 0 Å². The first-order valence-electron chi connectivity index (χ1n) is 30.0. The Balaban J connectivity index is 0.936. The van der Waals surface area contributed by atoms with Gasteiger partial charge < -0.3 is 38.7 Å². The maximum atomic E-state index is 7.60. The first kappa shape index (κ1) is 49.8. The zero-order chi connectivity index (χ0) is 57.8. The Morgan fingerprint density at radius 1 is 0.216 bits per heavy atom. The molecule has 5 heterocycles. The maximum Gasteiger partial charge on any atom is 0.256 e. The fourth-order valence-electron chi connectivity index (χ4n) is 14.2. The summed E-state index contributed by atoms with van der Waals surface area (Å²) in [4.78, 5) is 11.9. The molecule has 0 N–H and O–H groups in total. The zero-order valence-corrected chi connectivity index (χ0v) is 47.6. The van der Waals surface area contributed by atoms with E-state index in [2.05, 4.69) is 328 Å². The van der Waals surface area contributed by atoms with Crippen LogP contribution in [0.15, 0.2) is 309 Å². The summed E-state index contributed by atoms with van der Waals surface area (Å²) >= 11 is 0. The number of hydrogen-bond acceptors (Lipinski definition) is 8. The average Bonchev–Trinajstić information content (AvgIpc) is 0.777. The monoisotopic (exact) mass is 1130 g/mol. The minimum atomic E-state index is -0.324. The summed E-state index contributed by atoms with van der Waals surface area (Å²) in [5, 5.41) is 0. The molecule has 0 atom stereocenters. The van der Waals surface area contributed by atoms with Crippen molar-refractivity contribution < 1.29 is 14.2 Å². The van der Waals surface area contributed by atoms with E-state index in [0.29, 0.717) is 0 Å². The molecule has 8 nitrogen and oxygen atoms in total. The Bertz CT molecular complexity index is 4800. The van der Waals surface area contributed by atoms with E-state index in [9.17, 15) is 0 Å². The molecule has 0 aliphatic carbocycles. The number of hydrogen-bond donors (Lipinski definition) is 0. The molecule has 0 fully saturated rings. The molecule has 18 rings (SSSR count).